The maximum atomic E-state index is 11.8. The van der Waals surface area contributed by atoms with E-state index >= 15 is 0 Å². The zero-order chi connectivity index (χ0) is 11.9. The van der Waals surface area contributed by atoms with Crippen LogP contribution in [0.25, 0.3) is 0 Å². The van der Waals surface area contributed by atoms with Crippen LogP contribution in [0.4, 0.5) is 11.4 Å². The predicted molar refractivity (Wildman–Crippen MR) is 66.9 cm³/mol. The molecule has 86 valence electrons. The van der Waals surface area contributed by atoms with Gasteiger partial charge in [0.25, 0.3) is 0 Å². The zero-order valence-corrected chi connectivity index (χ0v) is 10.2. The molecule has 0 spiro atoms. The summed E-state index contributed by atoms with van der Waals surface area (Å²) in [5.41, 5.74) is 9.60. The van der Waals surface area contributed by atoms with Crippen LogP contribution in [0.2, 0.25) is 0 Å². The Morgan fingerprint density at radius 1 is 1.44 bits per heavy atom. The van der Waals surface area contributed by atoms with Crippen molar-refractivity contribution in [2.24, 2.45) is 0 Å². The summed E-state index contributed by atoms with van der Waals surface area (Å²) in [6, 6.07) is 3.80. The number of hydrogen-bond acceptors (Lipinski definition) is 2. The van der Waals surface area contributed by atoms with Crippen molar-refractivity contribution in [2.75, 3.05) is 17.2 Å². The molecule has 0 radical (unpaired) electrons. The number of nitrogen functional groups attached to an aromatic ring is 1. The standard InChI is InChI=1S/C12H15ClN2O/c1-7-3-4-10(14)12(8(7)2)15-6-9(13)5-11(15)16/h3-4,9H,5-6,14H2,1-2H3. The summed E-state index contributed by atoms with van der Waals surface area (Å²) < 4.78 is 0. The number of nitrogens with zero attached hydrogens (tertiary/aromatic N) is 1. The highest BCUT2D eigenvalue weighted by Gasteiger charge is 2.31. The second-order valence-corrected chi connectivity index (χ2v) is 4.87. The van der Waals surface area contributed by atoms with E-state index in [0.29, 0.717) is 18.7 Å². The van der Waals surface area contributed by atoms with Crippen LogP contribution in [0.15, 0.2) is 12.1 Å². The molecule has 1 saturated heterocycles. The van der Waals surface area contributed by atoms with Gasteiger partial charge in [-0.1, -0.05) is 6.07 Å². The highest BCUT2D eigenvalue weighted by Crippen LogP contribution is 2.33. The first-order chi connectivity index (χ1) is 7.50. The van der Waals surface area contributed by atoms with E-state index in [1.807, 2.05) is 26.0 Å². The number of nitrogens with two attached hydrogens (primary N) is 1. The fraction of sp³-hybridized carbons (Fsp3) is 0.417. The third-order valence-electron chi connectivity index (χ3n) is 3.08. The Morgan fingerprint density at radius 3 is 2.69 bits per heavy atom. The maximum absolute atomic E-state index is 11.8. The number of anilines is 2. The summed E-state index contributed by atoms with van der Waals surface area (Å²) in [5.74, 6) is 0.0559. The van der Waals surface area contributed by atoms with Gasteiger partial charge < -0.3 is 10.6 Å². The molecule has 0 bridgehead atoms. The van der Waals surface area contributed by atoms with E-state index in [2.05, 4.69) is 0 Å². The lowest BCUT2D eigenvalue weighted by Gasteiger charge is -2.21. The van der Waals surface area contributed by atoms with E-state index in [1.165, 1.54) is 0 Å². The highest BCUT2D eigenvalue weighted by molar-refractivity contribution is 6.24. The molecule has 16 heavy (non-hydrogen) atoms. The Morgan fingerprint density at radius 2 is 2.12 bits per heavy atom. The molecule has 1 atom stereocenters. The SMILES string of the molecule is Cc1ccc(N)c(N2CC(Cl)CC2=O)c1C. The smallest absolute Gasteiger partial charge is 0.228 e. The summed E-state index contributed by atoms with van der Waals surface area (Å²) in [4.78, 5) is 13.5. The number of rotatable bonds is 1. The van der Waals surface area contributed by atoms with Gasteiger partial charge in [-0.2, -0.15) is 0 Å². The van der Waals surface area contributed by atoms with Crippen molar-refractivity contribution < 1.29 is 4.79 Å². The summed E-state index contributed by atoms with van der Waals surface area (Å²) in [5, 5.41) is -0.105. The second-order valence-electron chi connectivity index (χ2n) is 4.25. The van der Waals surface area contributed by atoms with Gasteiger partial charge >= 0.3 is 0 Å². The van der Waals surface area contributed by atoms with Crippen LogP contribution >= 0.6 is 11.6 Å². The van der Waals surface area contributed by atoms with Gasteiger partial charge in [0.1, 0.15) is 0 Å². The van der Waals surface area contributed by atoms with Crippen molar-refractivity contribution >= 4 is 28.9 Å². The molecular formula is C12H15ClN2O. The van der Waals surface area contributed by atoms with Gasteiger partial charge in [0, 0.05) is 13.0 Å². The molecule has 0 aromatic heterocycles. The van der Waals surface area contributed by atoms with Crippen LogP contribution in [-0.2, 0) is 4.79 Å². The summed E-state index contributed by atoms with van der Waals surface area (Å²) in [6.07, 6.45) is 0.397. The van der Waals surface area contributed by atoms with E-state index in [4.69, 9.17) is 17.3 Å². The van der Waals surface area contributed by atoms with Gasteiger partial charge in [0.05, 0.1) is 16.8 Å². The quantitative estimate of drug-likeness (QED) is 0.603. The van der Waals surface area contributed by atoms with Crippen molar-refractivity contribution in [3.8, 4) is 0 Å². The van der Waals surface area contributed by atoms with Crippen molar-refractivity contribution in [1.29, 1.82) is 0 Å². The van der Waals surface area contributed by atoms with Crippen LogP contribution in [0.5, 0.6) is 0 Å². The molecule has 0 saturated carbocycles. The van der Waals surface area contributed by atoms with Crippen molar-refractivity contribution in [2.45, 2.75) is 25.6 Å². The largest absolute Gasteiger partial charge is 0.397 e. The predicted octanol–water partition coefficient (Wildman–Crippen LogP) is 2.23. The van der Waals surface area contributed by atoms with Gasteiger partial charge in [0.15, 0.2) is 0 Å². The molecule has 1 fully saturated rings. The molecule has 0 aliphatic carbocycles. The lowest BCUT2D eigenvalue weighted by atomic mass is 10.1. The van der Waals surface area contributed by atoms with E-state index in [9.17, 15) is 4.79 Å². The van der Waals surface area contributed by atoms with Crippen molar-refractivity contribution in [1.82, 2.24) is 0 Å². The molecule has 2 N–H and O–H groups in total. The van der Waals surface area contributed by atoms with Crippen LogP contribution in [0, 0.1) is 13.8 Å². The number of alkyl halides is 1. The van der Waals surface area contributed by atoms with Crippen LogP contribution in [0.1, 0.15) is 17.5 Å². The molecule has 1 aromatic rings. The van der Waals surface area contributed by atoms with Crippen molar-refractivity contribution in [3.63, 3.8) is 0 Å². The average molecular weight is 239 g/mol. The minimum atomic E-state index is -0.105. The van der Waals surface area contributed by atoms with E-state index in [1.54, 1.807) is 4.90 Å². The van der Waals surface area contributed by atoms with Gasteiger partial charge in [-0.25, -0.2) is 0 Å². The minimum Gasteiger partial charge on any atom is -0.397 e. The lowest BCUT2D eigenvalue weighted by Crippen LogP contribution is -2.26. The third-order valence-corrected chi connectivity index (χ3v) is 3.37. The number of amides is 1. The first kappa shape index (κ1) is 11.3. The Hall–Kier alpha value is -1.22. The number of carbonyl (C=O) groups is 1. The highest BCUT2D eigenvalue weighted by atomic mass is 35.5. The topological polar surface area (TPSA) is 46.3 Å². The van der Waals surface area contributed by atoms with Crippen LogP contribution in [0.3, 0.4) is 0 Å². The molecule has 1 heterocycles. The Balaban J connectivity index is 2.48. The minimum absolute atomic E-state index is 0.0559. The number of aryl methyl sites for hydroxylation is 1. The molecule has 3 nitrogen and oxygen atoms in total. The second kappa shape index (κ2) is 3.98. The number of halogens is 1. The Kier molecular flexibility index (Phi) is 2.80. The van der Waals surface area contributed by atoms with Gasteiger partial charge in [0.2, 0.25) is 5.91 Å². The molecule has 1 amide bonds. The molecule has 1 aliphatic rings. The van der Waals surface area contributed by atoms with Crippen LogP contribution in [-0.4, -0.2) is 17.8 Å². The third kappa shape index (κ3) is 1.76. The molecule has 1 unspecified atom stereocenters. The molecular weight excluding hydrogens is 224 g/mol. The maximum Gasteiger partial charge on any atom is 0.228 e. The van der Waals surface area contributed by atoms with E-state index in [-0.39, 0.29) is 11.3 Å². The molecule has 1 aliphatic heterocycles. The van der Waals surface area contributed by atoms with Gasteiger partial charge in [-0.15, -0.1) is 11.6 Å². The fourth-order valence-electron chi connectivity index (χ4n) is 2.06. The first-order valence-electron chi connectivity index (χ1n) is 5.31. The van der Waals surface area contributed by atoms with Gasteiger partial charge in [-0.3, -0.25) is 4.79 Å². The Bertz CT molecular complexity index is 445. The lowest BCUT2D eigenvalue weighted by molar-refractivity contribution is -0.117. The first-order valence-corrected chi connectivity index (χ1v) is 5.74. The van der Waals surface area contributed by atoms with Crippen molar-refractivity contribution in [3.05, 3.63) is 23.3 Å². The van der Waals surface area contributed by atoms with E-state index < -0.39 is 0 Å². The zero-order valence-electron chi connectivity index (χ0n) is 9.46. The number of hydrogen-bond donors (Lipinski definition) is 1. The van der Waals surface area contributed by atoms with Gasteiger partial charge in [-0.05, 0) is 31.0 Å². The fourth-order valence-corrected chi connectivity index (χ4v) is 2.33. The summed E-state index contributed by atoms with van der Waals surface area (Å²) in [7, 11) is 0. The normalized spacial score (nSPS) is 20.6. The molecule has 2 rings (SSSR count). The monoisotopic (exact) mass is 238 g/mol. The molecule has 1 aromatic carbocycles. The number of benzene rings is 1. The average Bonchev–Trinajstić information content (AvgIpc) is 2.53. The van der Waals surface area contributed by atoms with Crippen LogP contribution < -0.4 is 10.6 Å². The Labute approximate surface area is 100 Å². The van der Waals surface area contributed by atoms with E-state index in [0.717, 1.165) is 16.8 Å². The molecule has 4 heteroatoms. The summed E-state index contributed by atoms with van der Waals surface area (Å²) in [6.45, 7) is 4.54. The summed E-state index contributed by atoms with van der Waals surface area (Å²) >= 11 is 5.99. The number of carbonyl (C=O) groups excluding carboxylic acids is 1.